The Balaban J connectivity index is 0.000000167. The third-order valence-electron chi connectivity index (χ3n) is 11.4. The summed E-state index contributed by atoms with van der Waals surface area (Å²) in [6, 6.07) is 28.7. The monoisotopic (exact) mass is 758 g/mol. The van der Waals surface area contributed by atoms with Crippen molar-refractivity contribution in [1.82, 2.24) is 0 Å². The molecule has 4 aromatic rings. The highest BCUT2D eigenvalue weighted by Crippen LogP contribution is 2.53. The largest absolute Gasteiger partial charge is 0.314 e. The van der Waals surface area contributed by atoms with Crippen LogP contribution in [0.15, 0.2) is 109 Å². The molecule has 2 spiro atoms. The van der Waals surface area contributed by atoms with E-state index in [2.05, 4.69) is 0 Å². The molecule has 8 nitrogen and oxygen atoms in total. The minimum Gasteiger partial charge on any atom is -0.314 e. The van der Waals surface area contributed by atoms with Crippen LogP contribution in [0.4, 0.5) is 11.4 Å². The number of likely N-dealkylation sites (N-methyl/N-ethyl adjacent to an activating group) is 2. The summed E-state index contributed by atoms with van der Waals surface area (Å²) in [5.41, 5.74) is 2.85. The molecule has 0 aromatic heterocycles. The first kappa shape index (κ1) is 36.9. The lowest BCUT2D eigenvalue weighted by atomic mass is 9.61. The third-order valence-corrected chi connectivity index (χ3v) is 11.9. The molecule has 2 aliphatic carbocycles. The maximum Gasteiger partial charge on any atom is 0.246 e. The number of para-hydroxylation sites is 2. The lowest BCUT2D eigenvalue weighted by molar-refractivity contribution is -0.140. The topological polar surface area (TPSA) is 109 Å². The number of rotatable bonds is 4. The van der Waals surface area contributed by atoms with Crippen LogP contribution >= 0.6 is 23.2 Å². The van der Waals surface area contributed by atoms with Gasteiger partial charge >= 0.3 is 0 Å². The van der Waals surface area contributed by atoms with Gasteiger partial charge in [-0.15, -0.1) is 0 Å². The zero-order valence-electron chi connectivity index (χ0n) is 30.1. The van der Waals surface area contributed by atoms with Gasteiger partial charge in [-0.25, -0.2) is 0 Å². The number of hydrogen-bond donors (Lipinski definition) is 0. The van der Waals surface area contributed by atoms with E-state index in [1.54, 1.807) is 62.6 Å². The van der Waals surface area contributed by atoms with Crippen molar-refractivity contribution in [2.24, 2.45) is 11.8 Å². The molecule has 0 radical (unpaired) electrons. The van der Waals surface area contributed by atoms with E-state index in [0.717, 1.165) is 22.3 Å². The summed E-state index contributed by atoms with van der Waals surface area (Å²) in [7, 11) is 3.30. The van der Waals surface area contributed by atoms with Gasteiger partial charge in [0, 0.05) is 47.4 Å². The second-order valence-corrected chi connectivity index (χ2v) is 15.1. The molecule has 0 bridgehead atoms. The molecule has 0 N–H and O–H groups in total. The fourth-order valence-electron chi connectivity index (χ4n) is 8.71. The molecule has 8 rings (SSSR count). The van der Waals surface area contributed by atoms with Crippen molar-refractivity contribution in [3.05, 3.63) is 142 Å². The van der Waals surface area contributed by atoms with Crippen LogP contribution in [0.2, 0.25) is 10.0 Å². The maximum absolute atomic E-state index is 13.4. The lowest BCUT2D eigenvalue weighted by Crippen LogP contribution is -2.54. The number of carbonyl (C=O) groups is 6. The van der Waals surface area contributed by atoms with E-state index in [1.165, 1.54) is 35.8 Å². The zero-order chi connectivity index (χ0) is 38.7. The number of fused-ring (bicyclic) bond motifs is 4. The summed E-state index contributed by atoms with van der Waals surface area (Å²) >= 11 is 11.9. The second-order valence-electron chi connectivity index (χ2n) is 14.2. The maximum atomic E-state index is 13.4. The molecular weight excluding hydrogens is 723 g/mol. The lowest BCUT2D eigenvalue weighted by Gasteiger charge is -2.37. The van der Waals surface area contributed by atoms with Crippen molar-refractivity contribution in [3.8, 4) is 0 Å². The molecule has 54 heavy (non-hydrogen) atoms. The fourth-order valence-corrected chi connectivity index (χ4v) is 8.96. The van der Waals surface area contributed by atoms with Gasteiger partial charge in [0.05, 0.1) is 0 Å². The fraction of sp³-hybridized carbons (Fsp3) is 0.227. The Morgan fingerprint density at radius 3 is 1.22 bits per heavy atom. The number of carbonyl (C=O) groups excluding carboxylic acids is 6. The van der Waals surface area contributed by atoms with Gasteiger partial charge in [-0.2, -0.15) is 0 Å². The second kappa shape index (κ2) is 13.8. The van der Waals surface area contributed by atoms with E-state index in [1.807, 2.05) is 48.5 Å². The highest BCUT2D eigenvalue weighted by Gasteiger charge is 2.63. The van der Waals surface area contributed by atoms with Crippen molar-refractivity contribution < 1.29 is 28.8 Å². The molecule has 10 heteroatoms. The van der Waals surface area contributed by atoms with Gasteiger partial charge < -0.3 is 9.80 Å². The Hall–Kier alpha value is -5.44. The quantitative estimate of drug-likeness (QED) is 0.198. The van der Waals surface area contributed by atoms with Crippen molar-refractivity contribution in [2.75, 3.05) is 23.9 Å². The molecule has 2 aliphatic heterocycles. The molecule has 0 saturated carbocycles. The van der Waals surface area contributed by atoms with Crippen LogP contribution in [0.25, 0.3) is 11.1 Å². The average molecular weight is 760 g/mol. The minimum atomic E-state index is -1.47. The van der Waals surface area contributed by atoms with Gasteiger partial charge in [-0.3, -0.25) is 28.8 Å². The summed E-state index contributed by atoms with van der Waals surface area (Å²) in [6.45, 7) is 2.91. The summed E-state index contributed by atoms with van der Waals surface area (Å²) < 4.78 is 0. The molecule has 4 atom stereocenters. The van der Waals surface area contributed by atoms with Gasteiger partial charge in [0.2, 0.25) is 11.8 Å². The standard InChI is InChI=1S/2C22H18ClNO3/c2*1-13(25)18-11-15(14-7-9-16(23)10-8-14)12-20(26)22(18)17-5-3-4-6-19(17)24(2)21(22)27/h2*3-10,12,18H,11H2,1-2H3/t2*18-,22-/m10/s1. The first-order chi connectivity index (χ1) is 25.7. The molecule has 0 saturated heterocycles. The van der Waals surface area contributed by atoms with Crippen LogP contribution in [0.1, 0.15) is 48.9 Å². The highest BCUT2D eigenvalue weighted by atomic mass is 35.5. The van der Waals surface area contributed by atoms with Crippen LogP contribution in [0.3, 0.4) is 0 Å². The predicted molar refractivity (Wildman–Crippen MR) is 210 cm³/mol. The predicted octanol–water partition coefficient (Wildman–Crippen LogP) is 7.63. The number of benzene rings is 4. The Labute approximate surface area is 323 Å². The Kier molecular flexibility index (Phi) is 9.40. The number of nitrogens with zero attached hydrogens (tertiary/aromatic N) is 2. The van der Waals surface area contributed by atoms with Gasteiger partial charge in [-0.05, 0) is 109 Å². The van der Waals surface area contributed by atoms with E-state index in [0.29, 0.717) is 45.4 Å². The van der Waals surface area contributed by atoms with Crippen molar-refractivity contribution in [1.29, 1.82) is 0 Å². The van der Waals surface area contributed by atoms with E-state index < -0.39 is 22.7 Å². The van der Waals surface area contributed by atoms with E-state index in [9.17, 15) is 28.8 Å². The third kappa shape index (κ3) is 5.50. The SMILES string of the molecule is CC(=O)[C@@H]1CC(c2ccc(Cl)cc2)=CC(=O)[C@@]12C(=O)N(C)c1ccccc12.CC(=O)[C@H]1CC(c2ccc(Cl)cc2)=CC(=O)[C@]12C(=O)N(C)c1ccccc12. The smallest absolute Gasteiger partial charge is 0.246 e. The molecule has 0 fully saturated rings. The molecular formula is C44H36Cl2N2O6. The van der Waals surface area contributed by atoms with Crippen LogP contribution in [0, 0.1) is 11.8 Å². The number of halogens is 2. The van der Waals surface area contributed by atoms with Gasteiger partial charge in [0.1, 0.15) is 22.4 Å². The number of allylic oxidation sites excluding steroid dienone is 4. The van der Waals surface area contributed by atoms with Crippen molar-refractivity contribution >= 4 is 80.7 Å². The Morgan fingerprint density at radius 1 is 0.556 bits per heavy atom. The molecule has 4 aromatic carbocycles. The number of anilines is 2. The number of ketones is 4. The summed E-state index contributed by atoms with van der Waals surface area (Å²) in [5.74, 6) is -3.14. The van der Waals surface area contributed by atoms with Crippen molar-refractivity contribution in [3.63, 3.8) is 0 Å². The van der Waals surface area contributed by atoms with Crippen LogP contribution in [0.5, 0.6) is 0 Å². The van der Waals surface area contributed by atoms with Gasteiger partial charge in [-0.1, -0.05) is 83.9 Å². The normalized spacial score (nSPS) is 24.2. The van der Waals surface area contributed by atoms with E-state index in [4.69, 9.17) is 23.2 Å². The van der Waals surface area contributed by atoms with E-state index >= 15 is 0 Å². The van der Waals surface area contributed by atoms with Gasteiger partial charge in [0.15, 0.2) is 11.6 Å². The summed E-state index contributed by atoms with van der Waals surface area (Å²) in [6.07, 6.45) is 3.71. The molecule has 4 aliphatic rings. The molecule has 0 unspecified atom stereocenters. The number of amides is 2. The molecule has 2 heterocycles. The first-order valence-corrected chi connectivity index (χ1v) is 18.3. The van der Waals surface area contributed by atoms with Crippen molar-refractivity contribution in [2.45, 2.75) is 37.5 Å². The van der Waals surface area contributed by atoms with E-state index in [-0.39, 0.29) is 34.9 Å². The van der Waals surface area contributed by atoms with Crippen LogP contribution in [-0.4, -0.2) is 49.0 Å². The Morgan fingerprint density at radius 2 is 0.889 bits per heavy atom. The average Bonchev–Trinajstić information content (AvgIpc) is 3.52. The summed E-state index contributed by atoms with van der Waals surface area (Å²) in [5, 5.41) is 1.20. The van der Waals surface area contributed by atoms with Crippen LogP contribution < -0.4 is 9.80 Å². The zero-order valence-corrected chi connectivity index (χ0v) is 31.6. The first-order valence-electron chi connectivity index (χ1n) is 17.5. The Bertz CT molecular complexity index is 2180. The minimum absolute atomic E-state index is 0.165. The van der Waals surface area contributed by atoms with Gasteiger partial charge in [0.25, 0.3) is 0 Å². The highest BCUT2D eigenvalue weighted by molar-refractivity contribution is 6.32. The summed E-state index contributed by atoms with van der Waals surface area (Å²) in [4.78, 5) is 81.6. The van der Waals surface area contributed by atoms with Crippen LogP contribution in [-0.2, 0) is 39.6 Å². The molecule has 272 valence electrons. The number of hydrogen-bond acceptors (Lipinski definition) is 6. The number of Topliss-reactive ketones (excluding diaryl/α,β-unsaturated/α-hetero) is 2. The molecule has 2 amide bonds.